The van der Waals surface area contributed by atoms with Crippen LogP contribution in [0.3, 0.4) is 0 Å². The molecule has 3 heterocycles. The maximum Gasteiger partial charge on any atom is 0.256 e. The Balaban J connectivity index is 1.16. The van der Waals surface area contributed by atoms with Gasteiger partial charge in [-0.1, -0.05) is 36.8 Å². The Morgan fingerprint density at radius 1 is 0.917 bits per heavy atom. The molecule has 3 aromatic carbocycles. The van der Waals surface area contributed by atoms with Gasteiger partial charge in [-0.3, -0.25) is 9.59 Å². The topological polar surface area (TPSA) is 67.2 Å². The van der Waals surface area contributed by atoms with Crippen molar-refractivity contribution in [2.45, 2.75) is 43.5 Å². The van der Waals surface area contributed by atoms with Crippen molar-refractivity contribution in [1.29, 1.82) is 0 Å². The van der Waals surface area contributed by atoms with Crippen molar-refractivity contribution in [3.8, 4) is 0 Å². The molecule has 0 aliphatic carbocycles. The molecule has 2 aliphatic rings. The first kappa shape index (κ1) is 22.9. The van der Waals surface area contributed by atoms with Gasteiger partial charge in [-0.25, -0.2) is 4.98 Å². The third-order valence-electron chi connectivity index (χ3n) is 7.04. The smallest absolute Gasteiger partial charge is 0.256 e. The van der Waals surface area contributed by atoms with Crippen LogP contribution in [0.15, 0.2) is 71.6 Å². The predicted octanol–water partition coefficient (Wildman–Crippen LogP) is 5.70. The van der Waals surface area contributed by atoms with E-state index >= 15 is 0 Å². The van der Waals surface area contributed by atoms with Crippen LogP contribution in [0.4, 0.5) is 11.4 Å². The lowest BCUT2D eigenvalue weighted by molar-refractivity contribution is -0.116. The number of rotatable bonds is 5. The lowest BCUT2D eigenvalue weighted by atomic mass is 10.2. The minimum absolute atomic E-state index is 0.0603. The van der Waals surface area contributed by atoms with Crippen LogP contribution in [0.1, 0.15) is 41.0 Å². The summed E-state index contributed by atoms with van der Waals surface area (Å²) in [5.74, 6) is 1.30. The molecule has 6 nitrogen and oxygen atoms in total. The number of carbonyl (C=O) groups excluding carboxylic acids is 2. The van der Waals surface area contributed by atoms with Crippen molar-refractivity contribution in [3.63, 3.8) is 0 Å². The van der Waals surface area contributed by atoms with Crippen molar-refractivity contribution >= 4 is 46.0 Å². The van der Waals surface area contributed by atoms with E-state index in [0.717, 1.165) is 52.5 Å². The normalized spacial score (nSPS) is 14.8. The second-order valence-electron chi connectivity index (χ2n) is 9.36. The number of nitrogens with one attached hydrogen (secondary N) is 1. The second-order valence-corrected chi connectivity index (χ2v) is 10.4. The van der Waals surface area contributed by atoms with Crippen LogP contribution in [-0.4, -0.2) is 33.7 Å². The van der Waals surface area contributed by atoms with E-state index in [2.05, 4.69) is 22.0 Å². The average Bonchev–Trinajstić information content (AvgIpc) is 3.40. The van der Waals surface area contributed by atoms with E-state index in [1.165, 1.54) is 36.6 Å². The van der Waals surface area contributed by atoms with E-state index in [4.69, 9.17) is 4.98 Å². The Kier molecular flexibility index (Phi) is 6.23. The van der Waals surface area contributed by atoms with Gasteiger partial charge >= 0.3 is 0 Å². The number of thioether (sulfide) groups is 1. The molecule has 36 heavy (non-hydrogen) atoms. The lowest BCUT2D eigenvalue weighted by Crippen LogP contribution is -2.30. The Morgan fingerprint density at radius 3 is 2.72 bits per heavy atom. The number of para-hydroxylation sites is 1. The van der Waals surface area contributed by atoms with Gasteiger partial charge in [-0.05, 0) is 61.2 Å². The Hall–Kier alpha value is -3.58. The molecule has 0 fully saturated rings. The van der Waals surface area contributed by atoms with Crippen LogP contribution in [-0.2, 0) is 24.2 Å². The molecule has 6 rings (SSSR count). The minimum Gasteiger partial charge on any atom is -0.328 e. The molecule has 2 amide bonds. The fraction of sp³-hybridized carbons (Fsp3) is 0.276. The molecule has 7 heteroatoms. The summed E-state index contributed by atoms with van der Waals surface area (Å²) in [4.78, 5) is 33.7. The van der Waals surface area contributed by atoms with E-state index in [-0.39, 0.29) is 17.6 Å². The highest BCUT2D eigenvalue weighted by molar-refractivity contribution is 8.00. The van der Waals surface area contributed by atoms with Gasteiger partial charge in [-0.2, -0.15) is 0 Å². The number of carbonyl (C=O) groups is 2. The van der Waals surface area contributed by atoms with Gasteiger partial charge in [0.1, 0.15) is 5.82 Å². The van der Waals surface area contributed by atoms with Crippen molar-refractivity contribution in [2.75, 3.05) is 22.5 Å². The van der Waals surface area contributed by atoms with Crippen LogP contribution in [0.5, 0.6) is 0 Å². The monoisotopic (exact) mass is 496 g/mol. The van der Waals surface area contributed by atoms with E-state index in [1.807, 2.05) is 59.5 Å². The summed E-state index contributed by atoms with van der Waals surface area (Å²) in [5.41, 5.74) is 5.55. The summed E-state index contributed by atoms with van der Waals surface area (Å²) in [6.45, 7) is 1.71. The van der Waals surface area contributed by atoms with Gasteiger partial charge in [0, 0.05) is 35.8 Å². The molecule has 0 spiro atoms. The number of imidazole rings is 1. The number of aryl methyl sites for hydroxylation is 2. The number of hydrogen-bond acceptors (Lipinski definition) is 4. The lowest BCUT2D eigenvalue weighted by Gasteiger charge is -2.17. The minimum atomic E-state index is -0.183. The molecule has 1 aromatic heterocycles. The van der Waals surface area contributed by atoms with Crippen molar-refractivity contribution in [3.05, 3.63) is 83.7 Å². The van der Waals surface area contributed by atoms with Gasteiger partial charge in [0.15, 0.2) is 0 Å². The summed E-state index contributed by atoms with van der Waals surface area (Å²) in [7, 11) is 0. The molecular weight excluding hydrogens is 468 g/mol. The summed E-state index contributed by atoms with van der Waals surface area (Å²) < 4.78 is 2.32. The summed E-state index contributed by atoms with van der Waals surface area (Å²) >= 11 is 1.41. The number of benzene rings is 3. The number of nitrogens with zero attached hydrogens (tertiary/aromatic N) is 3. The highest BCUT2D eigenvalue weighted by Crippen LogP contribution is 2.30. The second kappa shape index (κ2) is 9.82. The first-order valence-corrected chi connectivity index (χ1v) is 13.6. The van der Waals surface area contributed by atoms with Crippen molar-refractivity contribution in [1.82, 2.24) is 9.55 Å². The van der Waals surface area contributed by atoms with Crippen LogP contribution in [0.25, 0.3) is 11.0 Å². The molecule has 2 aliphatic heterocycles. The molecule has 182 valence electrons. The third kappa shape index (κ3) is 4.39. The van der Waals surface area contributed by atoms with Crippen LogP contribution >= 0.6 is 11.8 Å². The molecule has 0 bridgehead atoms. The van der Waals surface area contributed by atoms with Crippen molar-refractivity contribution in [2.24, 2.45) is 0 Å². The van der Waals surface area contributed by atoms with Gasteiger partial charge in [-0.15, -0.1) is 11.8 Å². The van der Waals surface area contributed by atoms with E-state index < -0.39 is 0 Å². The Morgan fingerprint density at radius 2 is 1.78 bits per heavy atom. The zero-order valence-corrected chi connectivity index (χ0v) is 20.9. The van der Waals surface area contributed by atoms with E-state index in [1.54, 1.807) is 0 Å². The highest BCUT2D eigenvalue weighted by Gasteiger charge is 2.24. The molecule has 1 N–H and O–H groups in total. The van der Waals surface area contributed by atoms with Gasteiger partial charge in [0.05, 0.1) is 22.3 Å². The molecule has 4 aromatic rings. The van der Waals surface area contributed by atoms with E-state index in [9.17, 15) is 9.59 Å². The maximum absolute atomic E-state index is 13.2. The van der Waals surface area contributed by atoms with Gasteiger partial charge in [0.2, 0.25) is 5.91 Å². The van der Waals surface area contributed by atoms with Gasteiger partial charge in [0.25, 0.3) is 5.91 Å². The molecule has 0 radical (unpaired) electrons. The quantitative estimate of drug-likeness (QED) is 0.360. The Bertz CT molecular complexity index is 1460. The number of anilines is 2. The molecule has 0 saturated heterocycles. The van der Waals surface area contributed by atoms with Crippen molar-refractivity contribution < 1.29 is 9.59 Å². The summed E-state index contributed by atoms with van der Waals surface area (Å²) in [6.07, 6.45) is 5.48. The van der Waals surface area contributed by atoms with Crippen LogP contribution in [0.2, 0.25) is 0 Å². The third-order valence-corrected chi connectivity index (χ3v) is 8.10. The average molecular weight is 497 g/mol. The molecular formula is C29H28N4O2S. The summed E-state index contributed by atoms with van der Waals surface area (Å²) in [6, 6.07) is 21.5. The summed E-state index contributed by atoms with van der Waals surface area (Å²) in [5, 5.41) is 3.04. The van der Waals surface area contributed by atoms with Gasteiger partial charge < -0.3 is 14.8 Å². The maximum atomic E-state index is 13.2. The molecule has 0 unspecified atom stereocenters. The first-order valence-electron chi connectivity index (χ1n) is 12.6. The number of fused-ring (bicyclic) bond motifs is 4. The number of hydrogen-bond donors (Lipinski definition) is 1. The first-order chi connectivity index (χ1) is 17.7. The fourth-order valence-corrected chi connectivity index (χ4v) is 6.15. The van der Waals surface area contributed by atoms with Crippen LogP contribution < -0.4 is 10.2 Å². The largest absolute Gasteiger partial charge is 0.328 e. The fourth-order valence-electron chi connectivity index (χ4n) is 5.22. The Labute approximate surface area is 214 Å². The molecule has 0 saturated carbocycles. The predicted molar refractivity (Wildman–Crippen MR) is 145 cm³/mol. The molecule has 0 atom stereocenters. The zero-order chi connectivity index (χ0) is 24.5. The zero-order valence-electron chi connectivity index (χ0n) is 20.1. The number of amides is 2. The highest BCUT2D eigenvalue weighted by atomic mass is 32.2. The van der Waals surface area contributed by atoms with Crippen LogP contribution in [0, 0.1) is 0 Å². The van der Waals surface area contributed by atoms with E-state index in [0.29, 0.717) is 12.1 Å². The SMILES string of the molecule is O=C(Nc1ccc2c(c1)nc1n2CCCCC1)c1ccccc1SCC(=O)N1CCc2ccccc21. The standard InChI is InChI=1S/C29H28N4O2S/c34-28(33-17-15-20-8-3-5-10-24(20)33)19-36-26-11-6-4-9-22(26)29(35)30-21-13-14-25-23(18-21)31-27-12-2-1-7-16-32(25)27/h3-6,8-11,13-14,18H,1-2,7,12,15-17,19H2,(H,30,35). The number of aromatic nitrogens is 2.